The summed E-state index contributed by atoms with van der Waals surface area (Å²) in [5.41, 5.74) is 0.525. The van der Waals surface area contributed by atoms with Gasteiger partial charge in [-0.15, -0.1) is 0 Å². The van der Waals surface area contributed by atoms with E-state index in [-0.39, 0.29) is 17.2 Å². The summed E-state index contributed by atoms with van der Waals surface area (Å²) in [4.78, 5) is 24.3. The van der Waals surface area contributed by atoms with Crippen LogP contribution < -0.4 is 0 Å². The van der Waals surface area contributed by atoms with Crippen molar-refractivity contribution in [2.45, 2.75) is 53.1 Å². The smallest absolute Gasteiger partial charge is 0.339 e. The minimum Gasteiger partial charge on any atom is -0.462 e. The predicted molar refractivity (Wildman–Crippen MR) is 86.0 cm³/mol. The van der Waals surface area contributed by atoms with E-state index in [1.165, 1.54) is 0 Å². The topological polar surface area (TPSA) is 52.6 Å². The minimum absolute atomic E-state index is 0.172. The molecule has 0 N–H and O–H groups in total. The predicted octanol–water partition coefficient (Wildman–Crippen LogP) is 4.23. The van der Waals surface area contributed by atoms with Gasteiger partial charge in [-0.3, -0.25) is 0 Å². The fourth-order valence-corrected chi connectivity index (χ4v) is 1.98. The number of carbonyl (C=O) groups is 2. The molecule has 0 saturated heterocycles. The van der Waals surface area contributed by atoms with Crippen LogP contribution in [0, 0.1) is 5.92 Å². The van der Waals surface area contributed by atoms with Gasteiger partial charge in [0.05, 0.1) is 23.8 Å². The lowest BCUT2D eigenvalue weighted by molar-refractivity contribution is 0.0302. The summed E-state index contributed by atoms with van der Waals surface area (Å²) < 4.78 is 10.5. The van der Waals surface area contributed by atoms with Crippen molar-refractivity contribution in [3.63, 3.8) is 0 Å². The molecule has 0 heterocycles. The number of benzene rings is 1. The third kappa shape index (κ3) is 5.88. The first-order chi connectivity index (χ1) is 10.5. The lowest BCUT2D eigenvalue weighted by atomic mass is 10.1. The van der Waals surface area contributed by atoms with Crippen LogP contribution in [0.5, 0.6) is 0 Å². The summed E-state index contributed by atoms with van der Waals surface area (Å²) in [6.45, 7) is 8.40. The standard InChI is InChI=1S/C18H26O4/c1-5-12-21-17(19)15-8-6-7-9-16(15)18(20)22-14(4)11-10-13(2)3/h6-9,13-14H,5,10-12H2,1-4H3. The second-order valence-electron chi connectivity index (χ2n) is 5.87. The molecule has 0 aliphatic carbocycles. The van der Waals surface area contributed by atoms with E-state index in [1.54, 1.807) is 24.3 Å². The fraction of sp³-hybridized carbons (Fsp3) is 0.556. The van der Waals surface area contributed by atoms with Crippen LogP contribution in [0.4, 0.5) is 0 Å². The van der Waals surface area contributed by atoms with Crippen LogP contribution in [0.2, 0.25) is 0 Å². The van der Waals surface area contributed by atoms with E-state index < -0.39 is 11.9 Å². The maximum atomic E-state index is 12.3. The molecular formula is C18H26O4. The SMILES string of the molecule is CCCOC(=O)c1ccccc1C(=O)OC(C)CCC(C)C. The molecule has 0 fully saturated rings. The van der Waals surface area contributed by atoms with Gasteiger partial charge in [-0.05, 0) is 44.2 Å². The van der Waals surface area contributed by atoms with Crippen molar-refractivity contribution in [1.29, 1.82) is 0 Å². The van der Waals surface area contributed by atoms with E-state index in [0.29, 0.717) is 12.5 Å². The van der Waals surface area contributed by atoms with Gasteiger partial charge >= 0.3 is 11.9 Å². The van der Waals surface area contributed by atoms with Crippen LogP contribution in [0.25, 0.3) is 0 Å². The first-order valence-electron chi connectivity index (χ1n) is 7.92. The van der Waals surface area contributed by atoms with Crippen molar-refractivity contribution in [2.24, 2.45) is 5.92 Å². The van der Waals surface area contributed by atoms with E-state index >= 15 is 0 Å². The molecule has 0 amide bonds. The molecule has 0 saturated carbocycles. The number of hydrogen-bond acceptors (Lipinski definition) is 4. The lowest BCUT2D eigenvalue weighted by Crippen LogP contribution is -2.19. The van der Waals surface area contributed by atoms with E-state index in [4.69, 9.17) is 9.47 Å². The highest BCUT2D eigenvalue weighted by Crippen LogP contribution is 2.15. The zero-order chi connectivity index (χ0) is 16.5. The van der Waals surface area contributed by atoms with E-state index in [1.807, 2.05) is 13.8 Å². The van der Waals surface area contributed by atoms with Gasteiger partial charge in [0.1, 0.15) is 0 Å². The summed E-state index contributed by atoms with van der Waals surface area (Å²) in [5, 5.41) is 0. The third-order valence-electron chi connectivity index (χ3n) is 3.26. The molecule has 0 aliphatic heterocycles. The van der Waals surface area contributed by atoms with Crippen molar-refractivity contribution in [1.82, 2.24) is 0 Å². The molecule has 1 unspecified atom stereocenters. The molecule has 1 atom stereocenters. The third-order valence-corrected chi connectivity index (χ3v) is 3.26. The summed E-state index contributed by atoms with van der Waals surface area (Å²) in [7, 11) is 0. The van der Waals surface area contributed by atoms with E-state index in [9.17, 15) is 9.59 Å². The average molecular weight is 306 g/mol. The molecule has 1 rings (SSSR count). The number of ether oxygens (including phenoxy) is 2. The Morgan fingerprint density at radius 1 is 1.00 bits per heavy atom. The van der Waals surface area contributed by atoms with Crippen molar-refractivity contribution < 1.29 is 19.1 Å². The van der Waals surface area contributed by atoms with Crippen molar-refractivity contribution in [3.05, 3.63) is 35.4 Å². The molecule has 0 radical (unpaired) electrons. The molecule has 0 aromatic heterocycles. The maximum Gasteiger partial charge on any atom is 0.339 e. The Hall–Kier alpha value is -1.84. The summed E-state index contributed by atoms with van der Waals surface area (Å²) in [6, 6.07) is 6.61. The summed E-state index contributed by atoms with van der Waals surface area (Å²) >= 11 is 0. The van der Waals surface area contributed by atoms with Crippen LogP contribution in [-0.2, 0) is 9.47 Å². The molecule has 4 nitrogen and oxygen atoms in total. The second kappa shape index (κ2) is 9.23. The maximum absolute atomic E-state index is 12.3. The highest BCUT2D eigenvalue weighted by molar-refractivity contribution is 6.03. The van der Waals surface area contributed by atoms with Gasteiger partial charge in [-0.1, -0.05) is 32.9 Å². The molecule has 0 bridgehead atoms. The first-order valence-corrected chi connectivity index (χ1v) is 7.92. The van der Waals surface area contributed by atoms with Crippen LogP contribution in [0.3, 0.4) is 0 Å². The zero-order valence-electron chi connectivity index (χ0n) is 13.9. The Bertz CT molecular complexity index is 494. The Kier molecular flexibility index (Phi) is 7.64. The molecule has 4 heteroatoms. The van der Waals surface area contributed by atoms with Gasteiger partial charge in [0.15, 0.2) is 0 Å². The quantitative estimate of drug-likeness (QED) is 0.674. The Labute approximate surface area is 132 Å². The van der Waals surface area contributed by atoms with Gasteiger partial charge in [-0.2, -0.15) is 0 Å². The minimum atomic E-state index is -0.482. The molecule has 1 aromatic rings. The largest absolute Gasteiger partial charge is 0.462 e. The van der Waals surface area contributed by atoms with E-state index in [0.717, 1.165) is 19.3 Å². The van der Waals surface area contributed by atoms with Gasteiger partial charge in [0.2, 0.25) is 0 Å². The van der Waals surface area contributed by atoms with Gasteiger partial charge < -0.3 is 9.47 Å². The first kappa shape index (κ1) is 18.2. The van der Waals surface area contributed by atoms with Crippen LogP contribution in [-0.4, -0.2) is 24.6 Å². The summed E-state index contributed by atoms with van der Waals surface area (Å²) in [6.07, 6.45) is 2.38. The van der Waals surface area contributed by atoms with Crippen molar-refractivity contribution in [2.75, 3.05) is 6.61 Å². The van der Waals surface area contributed by atoms with Crippen molar-refractivity contribution >= 4 is 11.9 Å². The average Bonchev–Trinajstić information content (AvgIpc) is 2.50. The molecule has 0 aliphatic rings. The Balaban J connectivity index is 2.74. The highest BCUT2D eigenvalue weighted by Gasteiger charge is 2.20. The van der Waals surface area contributed by atoms with Gasteiger partial charge in [-0.25, -0.2) is 9.59 Å². The fourth-order valence-electron chi connectivity index (χ4n) is 1.98. The Morgan fingerprint density at radius 2 is 1.59 bits per heavy atom. The van der Waals surface area contributed by atoms with Crippen molar-refractivity contribution in [3.8, 4) is 0 Å². The summed E-state index contributed by atoms with van der Waals surface area (Å²) in [5.74, 6) is -0.387. The molecule has 22 heavy (non-hydrogen) atoms. The van der Waals surface area contributed by atoms with Gasteiger partial charge in [0, 0.05) is 0 Å². The zero-order valence-corrected chi connectivity index (χ0v) is 13.9. The number of carbonyl (C=O) groups excluding carboxylic acids is 2. The Morgan fingerprint density at radius 3 is 2.14 bits per heavy atom. The molecule has 122 valence electrons. The molecule has 1 aromatic carbocycles. The van der Waals surface area contributed by atoms with Crippen LogP contribution in [0.15, 0.2) is 24.3 Å². The number of esters is 2. The monoisotopic (exact) mass is 306 g/mol. The van der Waals surface area contributed by atoms with Crippen LogP contribution in [0.1, 0.15) is 67.7 Å². The van der Waals surface area contributed by atoms with Gasteiger partial charge in [0.25, 0.3) is 0 Å². The number of hydrogen-bond donors (Lipinski definition) is 0. The molecular weight excluding hydrogens is 280 g/mol. The normalized spacial score (nSPS) is 12.0. The highest BCUT2D eigenvalue weighted by atomic mass is 16.5. The number of rotatable bonds is 8. The molecule has 0 spiro atoms. The second-order valence-corrected chi connectivity index (χ2v) is 5.87. The van der Waals surface area contributed by atoms with Crippen LogP contribution >= 0.6 is 0 Å². The lowest BCUT2D eigenvalue weighted by Gasteiger charge is -2.15. The van der Waals surface area contributed by atoms with E-state index in [2.05, 4.69) is 13.8 Å².